The molecule has 4 aromatic heterocycles. The van der Waals surface area contributed by atoms with Crippen molar-refractivity contribution in [1.29, 1.82) is 0 Å². The van der Waals surface area contributed by atoms with Gasteiger partial charge in [0.25, 0.3) is 15.9 Å². The summed E-state index contributed by atoms with van der Waals surface area (Å²) in [5.74, 6) is -0.429. The van der Waals surface area contributed by atoms with Crippen LogP contribution in [0.1, 0.15) is 47.2 Å². The standard InChI is InChI=1S/C37H34N8O7S/c1-22-4-11-28(12-5-22)53(51,52)44-21-31(29-16-25(19-40-35(29)44)36(46)41-18-23-3-2-14-38-17-23)24-6-13-32-30(15-24)34(33(20-39-32)45(49)50)42-26-7-9-27(10-8-26)43-37(47)48/h2-6,11-17,19-21,26-27,43H,7-10,18H2,1H3,(H,39,42)(H,41,46)(H,47,48). The van der Waals surface area contributed by atoms with Gasteiger partial charge < -0.3 is 21.1 Å². The Labute approximate surface area is 303 Å². The molecule has 15 nitrogen and oxygen atoms in total. The molecule has 16 heteroatoms. The van der Waals surface area contributed by atoms with E-state index in [9.17, 15) is 28.1 Å². The van der Waals surface area contributed by atoms with Crippen LogP contribution in [0.3, 0.4) is 0 Å². The summed E-state index contributed by atoms with van der Waals surface area (Å²) in [6.07, 6.45) is 8.42. The Hall–Kier alpha value is -6.42. The van der Waals surface area contributed by atoms with Crippen molar-refractivity contribution in [2.45, 2.75) is 56.1 Å². The Balaban J connectivity index is 1.33. The number of anilines is 1. The lowest BCUT2D eigenvalue weighted by molar-refractivity contribution is -0.384. The molecule has 4 N–H and O–H groups in total. The van der Waals surface area contributed by atoms with E-state index in [1.54, 1.807) is 54.9 Å². The molecule has 0 bridgehead atoms. The summed E-state index contributed by atoms with van der Waals surface area (Å²) in [6, 6.07) is 16.4. The number of nitro groups is 1. The number of nitrogens with zero attached hydrogens (tertiary/aromatic N) is 5. The summed E-state index contributed by atoms with van der Waals surface area (Å²) in [7, 11) is -4.16. The van der Waals surface area contributed by atoms with Crippen LogP contribution in [0.4, 0.5) is 16.2 Å². The zero-order valence-corrected chi connectivity index (χ0v) is 29.2. The van der Waals surface area contributed by atoms with Crippen LogP contribution in [-0.2, 0) is 16.6 Å². The van der Waals surface area contributed by atoms with E-state index in [-0.39, 0.29) is 46.1 Å². The number of amides is 2. The molecule has 4 heterocycles. The van der Waals surface area contributed by atoms with Gasteiger partial charge in [-0.3, -0.25) is 19.9 Å². The number of carbonyl (C=O) groups excluding carboxylic acids is 1. The molecule has 1 fully saturated rings. The molecule has 1 aliphatic rings. The Bertz CT molecular complexity index is 2480. The average Bonchev–Trinajstić information content (AvgIpc) is 3.55. The monoisotopic (exact) mass is 734 g/mol. The number of fused-ring (bicyclic) bond motifs is 2. The minimum atomic E-state index is -4.16. The minimum Gasteiger partial charge on any atom is -0.465 e. The van der Waals surface area contributed by atoms with E-state index >= 15 is 0 Å². The smallest absolute Gasteiger partial charge is 0.404 e. The van der Waals surface area contributed by atoms with E-state index < -0.39 is 26.9 Å². The van der Waals surface area contributed by atoms with E-state index in [2.05, 4.69) is 30.9 Å². The number of rotatable bonds is 10. The summed E-state index contributed by atoms with van der Waals surface area (Å²) >= 11 is 0. The fourth-order valence-corrected chi connectivity index (χ4v) is 7.95. The van der Waals surface area contributed by atoms with Crippen LogP contribution in [0.2, 0.25) is 0 Å². The molecule has 6 aromatic rings. The van der Waals surface area contributed by atoms with Crippen molar-refractivity contribution in [2.75, 3.05) is 5.32 Å². The van der Waals surface area contributed by atoms with Crippen LogP contribution < -0.4 is 16.0 Å². The highest BCUT2D eigenvalue weighted by Crippen LogP contribution is 2.39. The van der Waals surface area contributed by atoms with Crippen molar-refractivity contribution in [3.63, 3.8) is 0 Å². The van der Waals surface area contributed by atoms with Crippen LogP contribution in [-0.4, -0.2) is 61.5 Å². The predicted octanol–water partition coefficient (Wildman–Crippen LogP) is 6.02. The third-order valence-corrected chi connectivity index (χ3v) is 11.1. The number of carbonyl (C=O) groups is 2. The number of carboxylic acid groups (broad SMARTS) is 1. The summed E-state index contributed by atoms with van der Waals surface area (Å²) in [5, 5.41) is 30.9. The molecule has 1 aliphatic carbocycles. The Morgan fingerprint density at radius 3 is 2.42 bits per heavy atom. The van der Waals surface area contributed by atoms with Crippen molar-refractivity contribution in [1.82, 2.24) is 29.6 Å². The van der Waals surface area contributed by atoms with E-state index in [0.29, 0.717) is 53.1 Å². The van der Waals surface area contributed by atoms with Gasteiger partial charge in [0.05, 0.1) is 20.9 Å². The maximum absolute atomic E-state index is 14.1. The molecule has 0 unspecified atom stereocenters. The molecular formula is C37H34N8O7S. The number of hydrogen-bond acceptors (Lipinski definition) is 10. The van der Waals surface area contributed by atoms with Gasteiger partial charge in [-0.2, -0.15) is 0 Å². The van der Waals surface area contributed by atoms with E-state index in [4.69, 9.17) is 5.11 Å². The van der Waals surface area contributed by atoms with Gasteiger partial charge in [0.15, 0.2) is 5.65 Å². The number of hydrogen-bond donors (Lipinski definition) is 4. The first-order valence-corrected chi connectivity index (χ1v) is 18.3. The quantitative estimate of drug-likeness (QED) is 0.0944. The highest BCUT2D eigenvalue weighted by molar-refractivity contribution is 7.90. The van der Waals surface area contributed by atoms with Gasteiger partial charge in [0.2, 0.25) is 0 Å². The minimum absolute atomic E-state index is 0.0461. The normalized spacial score (nSPS) is 15.9. The zero-order valence-electron chi connectivity index (χ0n) is 28.4. The van der Waals surface area contributed by atoms with Gasteiger partial charge in [0.1, 0.15) is 11.9 Å². The molecular weight excluding hydrogens is 701 g/mol. The van der Waals surface area contributed by atoms with Crippen LogP contribution >= 0.6 is 0 Å². The van der Waals surface area contributed by atoms with Crippen LogP contribution in [0.5, 0.6) is 0 Å². The van der Waals surface area contributed by atoms with Crippen molar-refractivity contribution in [3.8, 4) is 11.1 Å². The summed E-state index contributed by atoms with van der Waals surface area (Å²) in [4.78, 5) is 49.2. The van der Waals surface area contributed by atoms with E-state index in [1.165, 1.54) is 30.7 Å². The lowest BCUT2D eigenvalue weighted by atomic mass is 9.91. The SMILES string of the molecule is Cc1ccc(S(=O)(=O)n2cc(-c3ccc4ncc([N+](=O)[O-])c(NC5CCC(NC(=O)O)CC5)c4c3)c3cc(C(=O)NCc4cccnc4)cnc32)cc1. The van der Waals surface area contributed by atoms with Gasteiger partial charge in [-0.1, -0.05) is 29.8 Å². The van der Waals surface area contributed by atoms with Crippen molar-refractivity contribution in [3.05, 3.63) is 118 Å². The second-order valence-electron chi connectivity index (χ2n) is 12.9. The van der Waals surface area contributed by atoms with Crippen LogP contribution in [0, 0.1) is 17.0 Å². The number of benzene rings is 2. The lowest BCUT2D eigenvalue weighted by Crippen LogP contribution is -2.39. The Kier molecular flexibility index (Phi) is 9.45. The summed E-state index contributed by atoms with van der Waals surface area (Å²) in [6.45, 7) is 2.07. The first-order chi connectivity index (χ1) is 25.5. The molecule has 2 amide bonds. The number of nitrogens with one attached hydrogen (secondary N) is 3. The molecule has 0 saturated heterocycles. The largest absolute Gasteiger partial charge is 0.465 e. The van der Waals surface area contributed by atoms with Crippen molar-refractivity contribution >= 4 is 55.3 Å². The fourth-order valence-electron chi connectivity index (χ4n) is 6.63. The summed E-state index contributed by atoms with van der Waals surface area (Å²) in [5.41, 5.74) is 3.37. The maximum Gasteiger partial charge on any atom is 0.404 e. The fraction of sp³-hybridized carbons (Fsp3) is 0.216. The highest BCUT2D eigenvalue weighted by atomic mass is 32.2. The average molecular weight is 735 g/mol. The Morgan fingerprint density at radius 1 is 0.962 bits per heavy atom. The highest BCUT2D eigenvalue weighted by Gasteiger charge is 2.28. The number of aryl methyl sites for hydroxylation is 1. The van der Waals surface area contributed by atoms with E-state index in [0.717, 1.165) is 15.1 Å². The van der Waals surface area contributed by atoms with Gasteiger partial charge in [-0.05, 0) is 80.1 Å². The maximum atomic E-state index is 14.1. The second kappa shape index (κ2) is 14.3. The number of aromatic nitrogens is 4. The topological polar surface area (TPSA) is 211 Å². The molecule has 0 spiro atoms. The lowest BCUT2D eigenvalue weighted by Gasteiger charge is -2.29. The van der Waals surface area contributed by atoms with Crippen LogP contribution in [0.25, 0.3) is 33.1 Å². The van der Waals surface area contributed by atoms with E-state index in [1.807, 2.05) is 13.0 Å². The molecule has 0 radical (unpaired) electrons. The van der Waals surface area contributed by atoms with Gasteiger partial charge in [0, 0.05) is 59.8 Å². The third-order valence-electron chi connectivity index (χ3n) is 9.39. The Morgan fingerprint density at radius 2 is 1.72 bits per heavy atom. The molecule has 270 valence electrons. The molecule has 1 saturated carbocycles. The van der Waals surface area contributed by atoms with Gasteiger partial charge in [-0.15, -0.1) is 0 Å². The predicted molar refractivity (Wildman–Crippen MR) is 197 cm³/mol. The van der Waals surface area contributed by atoms with Gasteiger partial charge >= 0.3 is 11.8 Å². The van der Waals surface area contributed by atoms with Crippen molar-refractivity contribution < 1.29 is 28.0 Å². The molecule has 0 aliphatic heterocycles. The third kappa shape index (κ3) is 7.21. The molecule has 53 heavy (non-hydrogen) atoms. The first-order valence-electron chi connectivity index (χ1n) is 16.8. The van der Waals surface area contributed by atoms with Gasteiger partial charge in [-0.25, -0.2) is 27.2 Å². The molecule has 0 atom stereocenters. The zero-order chi connectivity index (χ0) is 37.3. The summed E-state index contributed by atoms with van der Waals surface area (Å²) < 4.78 is 29.2. The first kappa shape index (κ1) is 35.0. The van der Waals surface area contributed by atoms with Crippen molar-refractivity contribution in [2.24, 2.45) is 0 Å². The molecule has 7 rings (SSSR count). The molecule has 2 aromatic carbocycles. The number of pyridine rings is 3. The second-order valence-corrected chi connectivity index (χ2v) is 14.8. The van der Waals surface area contributed by atoms with Crippen LogP contribution in [0.15, 0.2) is 96.5 Å².